The number of aromatic nitrogens is 3. The van der Waals surface area contributed by atoms with Crippen LogP contribution in [0.2, 0.25) is 10.0 Å². The van der Waals surface area contributed by atoms with Crippen LogP contribution in [0.25, 0.3) is 5.69 Å². The Hall–Kier alpha value is -1.26. The summed E-state index contributed by atoms with van der Waals surface area (Å²) in [5, 5.41) is 4.97. The minimum atomic E-state index is 0.338. The monoisotopic (exact) mass is 243 g/mol. The van der Waals surface area contributed by atoms with Crippen molar-refractivity contribution in [3.05, 3.63) is 34.6 Å². The lowest BCUT2D eigenvalue weighted by Crippen LogP contribution is -2.01. The van der Waals surface area contributed by atoms with Gasteiger partial charge in [0, 0.05) is 0 Å². The summed E-state index contributed by atoms with van der Waals surface area (Å²) in [7, 11) is 1.51. The Labute approximate surface area is 96.4 Å². The van der Waals surface area contributed by atoms with E-state index in [1.807, 2.05) is 0 Å². The molecule has 0 aliphatic rings. The van der Waals surface area contributed by atoms with E-state index >= 15 is 0 Å². The second-order valence-electron chi connectivity index (χ2n) is 2.73. The number of methoxy groups -OCH3 is 1. The zero-order valence-electron chi connectivity index (χ0n) is 7.82. The predicted molar refractivity (Wildman–Crippen MR) is 57.9 cm³/mol. The Morgan fingerprint density at radius 2 is 1.93 bits per heavy atom. The normalized spacial score (nSPS) is 10.3. The number of benzene rings is 1. The Kier molecular flexibility index (Phi) is 2.79. The zero-order valence-corrected chi connectivity index (χ0v) is 9.33. The first kappa shape index (κ1) is 10.3. The van der Waals surface area contributed by atoms with Gasteiger partial charge in [0.05, 0.1) is 17.2 Å². The van der Waals surface area contributed by atoms with Gasteiger partial charge in [0.25, 0.3) is 0 Å². The fourth-order valence-electron chi connectivity index (χ4n) is 1.21. The van der Waals surface area contributed by atoms with Gasteiger partial charge in [0.1, 0.15) is 12.0 Å². The molecule has 0 radical (unpaired) electrons. The molecule has 6 heteroatoms. The summed E-state index contributed by atoms with van der Waals surface area (Å²) in [6.07, 6.45) is 1.37. The first-order chi connectivity index (χ1) is 7.24. The van der Waals surface area contributed by atoms with Gasteiger partial charge in [-0.2, -0.15) is 14.8 Å². The quantitative estimate of drug-likeness (QED) is 0.815. The molecule has 0 saturated heterocycles. The average Bonchev–Trinajstić information content (AvgIpc) is 2.65. The SMILES string of the molecule is COc1ncnn1-c1c(Cl)cccc1Cl. The maximum atomic E-state index is 6.02. The average molecular weight is 244 g/mol. The van der Waals surface area contributed by atoms with Crippen LogP contribution in [0.5, 0.6) is 6.01 Å². The minimum absolute atomic E-state index is 0.338. The minimum Gasteiger partial charge on any atom is -0.467 e. The molecule has 0 atom stereocenters. The van der Waals surface area contributed by atoms with Gasteiger partial charge in [-0.15, -0.1) is 0 Å². The molecule has 0 saturated carbocycles. The van der Waals surface area contributed by atoms with Crippen molar-refractivity contribution in [2.45, 2.75) is 0 Å². The van der Waals surface area contributed by atoms with Crippen LogP contribution in [-0.2, 0) is 0 Å². The van der Waals surface area contributed by atoms with Crippen molar-refractivity contribution < 1.29 is 4.74 Å². The summed E-state index contributed by atoms with van der Waals surface area (Å²) in [5.74, 6) is 0. The van der Waals surface area contributed by atoms with E-state index in [0.29, 0.717) is 21.7 Å². The van der Waals surface area contributed by atoms with Crippen LogP contribution in [0.3, 0.4) is 0 Å². The second-order valence-corrected chi connectivity index (χ2v) is 3.54. The van der Waals surface area contributed by atoms with Crippen LogP contribution in [0.15, 0.2) is 24.5 Å². The number of hydrogen-bond acceptors (Lipinski definition) is 3. The van der Waals surface area contributed by atoms with E-state index in [4.69, 9.17) is 27.9 Å². The van der Waals surface area contributed by atoms with E-state index in [0.717, 1.165) is 0 Å². The summed E-state index contributed by atoms with van der Waals surface area (Å²) in [6.45, 7) is 0. The highest BCUT2D eigenvalue weighted by Crippen LogP contribution is 2.29. The van der Waals surface area contributed by atoms with Crippen molar-refractivity contribution >= 4 is 23.2 Å². The standard InChI is InChI=1S/C9H7Cl2N3O/c1-15-9-12-5-13-14(9)8-6(10)3-2-4-7(8)11/h2-5H,1H3. The Morgan fingerprint density at radius 3 is 2.53 bits per heavy atom. The predicted octanol–water partition coefficient (Wildman–Crippen LogP) is 2.58. The van der Waals surface area contributed by atoms with Gasteiger partial charge >= 0.3 is 6.01 Å². The second kappa shape index (κ2) is 4.08. The number of ether oxygens (including phenoxy) is 1. The summed E-state index contributed by atoms with van der Waals surface area (Å²) in [4.78, 5) is 3.91. The first-order valence-electron chi connectivity index (χ1n) is 4.12. The molecule has 2 aromatic rings. The van der Waals surface area contributed by atoms with Crippen LogP contribution in [-0.4, -0.2) is 21.9 Å². The van der Waals surface area contributed by atoms with E-state index in [1.165, 1.54) is 18.1 Å². The van der Waals surface area contributed by atoms with Gasteiger partial charge in [0.15, 0.2) is 0 Å². The van der Waals surface area contributed by atoms with E-state index in [2.05, 4.69) is 10.1 Å². The highest BCUT2D eigenvalue weighted by Gasteiger charge is 2.13. The maximum Gasteiger partial charge on any atom is 0.319 e. The number of para-hydroxylation sites is 1. The van der Waals surface area contributed by atoms with Crippen molar-refractivity contribution in [1.29, 1.82) is 0 Å². The molecule has 0 amide bonds. The van der Waals surface area contributed by atoms with Crippen LogP contribution >= 0.6 is 23.2 Å². The molecule has 78 valence electrons. The van der Waals surface area contributed by atoms with E-state index in [-0.39, 0.29) is 0 Å². The van der Waals surface area contributed by atoms with Gasteiger partial charge < -0.3 is 4.74 Å². The molecule has 4 nitrogen and oxygen atoms in total. The summed E-state index contributed by atoms with van der Waals surface area (Å²) in [6, 6.07) is 5.55. The Bertz CT molecular complexity index is 464. The third kappa shape index (κ3) is 1.78. The third-order valence-electron chi connectivity index (χ3n) is 1.85. The molecule has 0 fully saturated rings. The molecule has 0 aliphatic carbocycles. The summed E-state index contributed by atoms with van der Waals surface area (Å²) < 4.78 is 6.47. The van der Waals surface area contributed by atoms with Crippen molar-refractivity contribution in [2.75, 3.05) is 7.11 Å². The molecule has 0 N–H and O–H groups in total. The molecule has 15 heavy (non-hydrogen) atoms. The lowest BCUT2D eigenvalue weighted by Gasteiger charge is -2.07. The van der Waals surface area contributed by atoms with Crippen LogP contribution in [0, 0.1) is 0 Å². The number of halogens is 2. The molecule has 1 aromatic heterocycles. The van der Waals surface area contributed by atoms with E-state index in [9.17, 15) is 0 Å². The van der Waals surface area contributed by atoms with Crippen LogP contribution < -0.4 is 4.74 Å². The van der Waals surface area contributed by atoms with Crippen molar-refractivity contribution in [2.24, 2.45) is 0 Å². The molecule has 0 unspecified atom stereocenters. The molecule has 1 aromatic carbocycles. The molecule has 0 bridgehead atoms. The fraction of sp³-hybridized carbons (Fsp3) is 0.111. The largest absolute Gasteiger partial charge is 0.467 e. The van der Waals surface area contributed by atoms with E-state index in [1.54, 1.807) is 18.2 Å². The van der Waals surface area contributed by atoms with Crippen molar-refractivity contribution in [3.63, 3.8) is 0 Å². The fourth-order valence-corrected chi connectivity index (χ4v) is 1.77. The summed E-state index contributed by atoms with van der Waals surface area (Å²) in [5.41, 5.74) is 0.565. The Balaban J connectivity index is 2.63. The van der Waals surface area contributed by atoms with Gasteiger partial charge in [-0.3, -0.25) is 0 Å². The van der Waals surface area contributed by atoms with Gasteiger partial charge in [-0.1, -0.05) is 29.3 Å². The van der Waals surface area contributed by atoms with Crippen LogP contribution in [0.4, 0.5) is 0 Å². The van der Waals surface area contributed by atoms with Gasteiger partial charge in [-0.25, -0.2) is 0 Å². The molecule has 0 spiro atoms. The van der Waals surface area contributed by atoms with Crippen LogP contribution in [0.1, 0.15) is 0 Å². The molecular formula is C9H7Cl2N3O. The summed E-state index contributed by atoms with van der Waals surface area (Å²) >= 11 is 12.0. The first-order valence-corrected chi connectivity index (χ1v) is 4.88. The lowest BCUT2D eigenvalue weighted by molar-refractivity contribution is 0.369. The third-order valence-corrected chi connectivity index (χ3v) is 2.46. The topological polar surface area (TPSA) is 39.9 Å². The van der Waals surface area contributed by atoms with Crippen molar-refractivity contribution in [3.8, 4) is 11.7 Å². The highest BCUT2D eigenvalue weighted by molar-refractivity contribution is 6.37. The molecule has 0 aliphatic heterocycles. The Morgan fingerprint density at radius 1 is 1.27 bits per heavy atom. The highest BCUT2D eigenvalue weighted by atomic mass is 35.5. The number of rotatable bonds is 2. The van der Waals surface area contributed by atoms with Gasteiger partial charge in [-0.05, 0) is 12.1 Å². The van der Waals surface area contributed by atoms with Crippen molar-refractivity contribution in [1.82, 2.24) is 14.8 Å². The van der Waals surface area contributed by atoms with E-state index < -0.39 is 0 Å². The smallest absolute Gasteiger partial charge is 0.319 e. The lowest BCUT2D eigenvalue weighted by atomic mass is 10.3. The number of hydrogen-bond donors (Lipinski definition) is 0. The molecule has 2 rings (SSSR count). The number of nitrogens with zero attached hydrogens (tertiary/aromatic N) is 3. The van der Waals surface area contributed by atoms with Gasteiger partial charge in [0.2, 0.25) is 0 Å². The zero-order chi connectivity index (χ0) is 10.8. The molecule has 1 heterocycles. The molecular weight excluding hydrogens is 237 g/mol. The maximum absolute atomic E-state index is 6.02.